The molecule has 2 aromatic carbocycles. The van der Waals surface area contributed by atoms with Gasteiger partial charge >= 0.3 is 5.97 Å². The molecule has 2 aliphatic rings. The van der Waals surface area contributed by atoms with Crippen LogP contribution in [0, 0.1) is 12.8 Å². The van der Waals surface area contributed by atoms with E-state index in [-0.39, 0.29) is 17.5 Å². The molecule has 4 rings (SSSR count). The van der Waals surface area contributed by atoms with E-state index in [1.165, 1.54) is 17.2 Å². The third kappa shape index (κ3) is 2.40. The molecular formula is C20H18ClNO2. The Hall–Kier alpha value is -2.26. The largest absolute Gasteiger partial charge is 0.478 e. The van der Waals surface area contributed by atoms with Crippen LogP contribution in [0.2, 0.25) is 5.02 Å². The van der Waals surface area contributed by atoms with Crippen molar-refractivity contribution >= 4 is 23.3 Å². The molecule has 122 valence electrons. The highest BCUT2D eigenvalue weighted by molar-refractivity contribution is 6.33. The SMILES string of the molecule is Cc1ccc([C@@H]2Nc3c(Cl)cc(C(=O)O)cc3[C@@H]3C=CC[C@@H]32)cc1. The van der Waals surface area contributed by atoms with Gasteiger partial charge in [0.15, 0.2) is 0 Å². The van der Waals surface area contributed by atoms with Crippen LogP contribution in [0.5, 0.6) is 0 Å². The number of halogens is 1. The van der Waals surface area contributed by atoms with Crippen molar-refractivity contribution in [1.82, 2.24) is 0 Å². The van der Waals surface area contributed by atoms with Gasteiger partial charge in [-0.1, -0.05) is 53.6 Å². The van der Waals surface area contributed by atoms with Crippen LogP contribution in [0.25, 0.3) is 0 Å². The summed E-state index contributed by atoms with van der Waals surface area (Å²) in [5.41, 5.74) is 4.57. The molecule has 0 saturated heterocycles. The summed E-state index contributed by atoms with van der Waals surface area (Å²) in [5.74, 6) is -0.372. The summed E-state index contributed by atoms with van der Waals surface area (Å²) in [4.78, 5) is 11.4. The highest BCUT2D eigenvalue weighted by Gasteiger charge is 2.39. The van der Waals surface area contributed by atoms with Gasteiger partial charge in [-0.15, -0.1) is 0 Å². The van der Waals surface area contributed by atoms with Gasteiger partial charge in [-0.05, 0) is 42.5 Å². The predicted octanol–water partition coefficient (Wildman–Crippen LogP) is 5.17. The molecule has 2 N–H and O–H groups in total. The Balaban J connectivity index is 1.82. The number of carboxylic acid groups (broad SMARTS) is 1. The predicted molar refractivity (Wildman–Crippen MR) is 95.9 cm³/mol. The molecule has 1 aliphatic heterocycles. The summed E-state index contributed by atoms with van der Waals surface area (Å²) in [6, 6.07) is 12.0. The molecule has 1 aliphatic carbocycles. The Morgan fingerprint density at radius 2 is 2.00 bits per heavy atom. The van der Waals surface area contributed by atoms with Gasteiger partial charge in [-0.25, -0.2) is 4.79 Å². The average molecular weight is 340 g/mol. The summed E-state index contributed by atoms with van der Waals surface area (Å²) < 4.78 is 0. The molecule has 3 atom stereocenters. The van der Waals surface area contributed by atoms with Gasteiger partial charge in [0.25, 0.3) is 0 Å². The van der Waals surface area contributed by atoms with E-state index in [0.717, 1.165) is 17.7 Å². The van der Waals surface area contributed by atoms with Gasteiger partial charge in [-0.3, -0.25) is 0 Å². The van der Waals surface area contributed by atoms with Crippen molar-refractivity contribution < 1.29 is 9.90 Å². The van der Waals surface area contributed by atoms with E-state index in [1.54, 1.807) is 6.07 Å². The van der Waals surface area contributed by atoms with Crippen LogP contribution < -0.4 is 5.32 Å². The first-order chi connectivity index (χ1) is 11.5. The number of aromatic carboxylic acids is 1. The Bertz CT molecular complexity index is 841. The van der Waals surface area contributed by atoms with Crippen LogP contribution in [-0.4, -0.2) is 11.1 Å². The molecule has 0 saturated carbocycles. The second kappa shape index (κ2) is 5.67. The standard InChI is InChI=1S/C20H18ClNO2/c1-11-5-7-12(8-6-11)18-15-4-2-3-14(15)16-9-13(20(23)24)10-17(21)19(16)22-18/h2-3,5-10,14-15,18,22H,4H2,1H3,(H,23,24)/t14-,15+,18+/m1/s1. The third-order valence-electron chi connectivity index (χ3n) is 5.10. The fourth-order valence-corrected chi connectivity index (χ4v) is 4.16. The van der Waals surface area contributed by atoms with Crippen LogP contribution >= 0.6 is 11.6 Å². The number of anilines is 1. The van der Waals surface area contributed by atoms with Crippen LogP contribution in [0.3, 0.4) is 0 Å². The fourth-order valence-electron chi connectivity index (χ4n) is 3.88. The average Bonchev–Trinajstić information content (AvgIpc) is 3.05. The minimum absolute atomic E-state index is 0.172. The number of hydrogen-bond acceptors (Lipinski definition) is 2. The number of carbonyl (C=O) groups is 1. The van der Waals surface area contributed by atoms with Crippen molar-refractivity contribution in [2.24, 2.45) is 5.92 Å². The van der Waals surface area contributed by atoms with E-state index >= 15 is 0 Å². The van der Waals surface area contributed by atoms with Gasteiger partial charge in [-0.2, -0.15) is 0 Å². The minimum atomic E-state index is -0.945. The second-order valence-corrected chi connectivity index (χ2v) is 7.02. The molecule has 0 spiro atoms. The quantitative estimate of drug-likeness (QED) is 0.742. The first-order valence-corrected chi connectivity index (χ1v) is 8.49. The van der Waals surface area contributed by atoms with E-state index in [4.69, 9.17) is 11.6 Å². The van der Waals surface area contributed by atoms with E-state index in [1.807, 2.05) is 0 Å². The molecule has 0 bridgehead atoms. The van der Waals surface area contributed by atoms with Crippen molar-refractivity contribution in [2.75, 3.05) is 5.32 Å². The molecule has 0 fully saturated rings. The van der Waals surface area contributed by atoms with Gasteiger partial charge in [0.2, 0.25) is 0 Å². The van der Waals surface area contributed by atoms with Gasteiger partial charge in [0.1, 0.15) is 0 Å². The second-order valence-electron chi connectivity index (χ2n) is 6.61. The van der Waals surface area contributed by atoms with Crippen LogP contribution in [0.1, 0.15) is 45.4 Å². The van der Waals surface area contributed by atoms with E-state index < -0.39 is 5.97 Å². The first kappa shape index (κ1) is 15.3. The van der Waals surface area contributed by atoms with E-state index in [2.05, 4.69) is 48.7 Å². The maximum absolute atomic E-state index is 11.4. The van der Waals surface area contributed by atoms with Crippen LogP contribution in [0.15, 0.2) is 48.6 Å². The van der Waals surface area contributed by atoms with Crippen molar-refractivity contribution in [3.63, 3.8) is 0 Å². The number of carboxylic acids is 1. The fraction of sp³-hybridized carbons (Fsp3) is 0.250. The Morgan fingerprint density at radius 3 is 2.71 bits per heavy atom. The van der Waals surface area contributed by atoms with Gasteiger partial charge in [0, 0.05) is 5.92 Å². The molecule has 0 unspecified atom stereocenters. The zero-order valence-electron chi connectivity index (χ0n) is 13.3. The van der Waals surface area contributed by atoms with Crippen molar-refractivity contribution in [1.29, 1.82) is 0 Å². The summed E-state index contributed by atoms with van der Waals surface area (Å²) in [7, 11) is 0. The van der Waals surface area contributed by atoms with Crippen molar-refractivity contribution in [2.45, 2.75) is 25.3 Å². The summed E-state index contributed by atoms with van der Waals surface area (Å²) in [6.07, 6.45) is 5.35. The normalized spacial score (nSPS) is 24.2. The summed E-state index contributed by atoms with van der Waals surface area (Å²) in [5, 5.41) is 13.4. The van der Waals surface area contributed by atoms with E-state index in [9.17, 15) is 9.90 Å². The molecule has 4 heteroatoms. The molecule has 3 nitrogen and oxygen atoms in total. The molecule has 0 aromatic heterocycles. The number of nitrogens with one attached hydrogen (secondary N) is 1. The number of aryl methyl sites for hydroxylation is 1. The maximum atomic E-state index is 11.4. The first-order valence-electron chi connectivity index (χ1n) is 8.11. The number of rotatable bonds is 2. The molecule has 1 heterocycles. The van der Waals surface area contributed by atoms with Crippen molar-refractivity contribution in [3.8, 4) is 0 Å². The lowest BCUT2D eigenvalue weighted by Crippen LogP contribution is -2.29. The minimum Gasteiger partial charge on any atom is -0.478 e. The van der Waals surface area contributed by atoms with Gasteiger partial charge < -0.3 is 10.4 Å². The highest BCUT2D eigenvalue weighted by Crippen LogP contribution is 2.51. The molecule has 0 amide bonds. The third-order valence-corrected chi connectivity index (χ3v) is 5.40. The maximum Gasteiger partial charge on any atom is 0.335 e. The summed E-state index contributed by atoms with van der Waals surface area (Å²) >= 11 is 6.41. The number of benzene rings is 2. The number of allylic oxidation sites excluding steroid dienone is 2. The molecular weight excluding hydrogens is 322 g/mol. The molecule has 2 aromatic rings. The lowest BCUT2D eigenvalue weighted by molar-refractivity contribution is 0.0696. The van der Waals surface area contributed by atoms with Crippen molar-refractivity contribution in [3.05, 3.63) is 75.8 Å². The van der Waals surface area contributed by atoms with Crippen LogP contribution in [-0.2, 0) is 0 Å². The van der Waals surface area contributed by atoms with Crippen LogP contribution in [0.4, 0.5) is 5.69 Å². The van der Waals surface area contributed by atoms with Gasteiger partial charge in [0.05, 0.1) is 22.3 Å². The summed E-state index contributed by atoms with van der Waals surface area (Å²) in [6.45, 7) is 2.08. The molecule has 0 radical (unpaired) electrons. The lowest BCUT2D eigenvalue weighted by Gasteiger charge is -2.38. The molecule has 24 heavy (non-hydrogen) atoms. The van der Waals surface area contributed by atoms with E-state index in [0.29, 0.717) is 10.9 Å². The topological polar surface area (TPSA) is 49.3 Å². The Labute approximate surface area is 146 Å². The highest BCUT2D eigenvalue weighted by atomic mass is 35.5. The smallest absolute Gasteiger partial charge is 0.335 e. The monoisotopic (exact) mass is 339 g/mol. The number of hydrogen-bond donors (Lipinski definition) is 2. The number of fused-ring (bicyclic) bond motifs is 3. The zero-order valence-corrected chi connectivity index (χ0v) is 14.0. The Morgan fingerprint density at radius 1 is 1.25 bits per heavy atom. The lowest BCUT2D eigenvalue weighted by atomic mass is 9.76. The Kier molecular flexibility index (Phi) is 3.61. The zero-order chi connectivity index (χ0) is 16.8.